The van der Waals surface area contributed by atoms with Crippen LogP contribution in [0.15, 0.2) is 40.6 Å². The molecule has 0 radical (unpaired) electrons. The average molecular weight is 427 g/mol. The maximum absolute atomic E-state index is 12.8. The van der Waals surface area contributed by atoms with E-state index in [1.807, 2.05) is 20.8 Å². The molecular formula is C24H30N2O5. The number of aliphatic hydroxyl groups excluding tert-OH is 2. The van der Waals surface area contributed by atoms with Crippen molar-refractivity contribution in [3.63, 3.8) is 0 Å². The van der Waals surface area contributed by atoms with Gasteiger partial charge < -0.3 is 10.2 Å². The molecule has 0 aromatic heterocycles. The Morgan fingerprint density at radius 1 is 1.13 bits per heavy atom. The zero-order valence-corrected chi connectivity index (χ0v) is 18.4. The van der Waals surface area contributed by atoms with Gasteiger partial charge in [0.25, 0.3) is 11.8 Å². The number of rotatable bonds is 7. The lowest BCUT2D eigenvalue weighted by molar-refractivity contribution is -0.117. The SMILES string of the molecule is CCC(CO)N=C1CC(C)(C)CC(=O)C1=C(O)CCCN1C(=O)c2ccccc2C1=O. The standard InChI is InChI=1S/C24H30N2O5/c1-4-15(14-27)25-18-12-24(2,3)13-20(29)21(18)19(28)10-7-11-26-22(30)16-8-5-6-9-17(16)23(26)31/h5-6,8-9,15,27-28H,4,7,10-14H2,1-3H3. The highest BCUT2D eigenvalue weighted by Gasteiger charge is 2.37. The summed E-state index contributed by atoms with van der Waals surface area (Å²) >= 11 is 0. The second-order valence-electron chi connectivity index (χ2n) is 8.99. The molecule has 1 unspecified atom stereocenters. The van der Waals surface area contributed by atoms with Crippen LogP contribution in [0, 0.1) is 5.41 Å². The van der Waals surface area contributed by atoms with Gasteiger partial charge in [0.05, 0.1) is 29.3 Å². The Labute approximate surface area is 182 Å². The molecule has 0 saturated heterocycles. The van der Waals surface area contributed by atoms with Crippen molar-refractivity contribution in [1.82, 2.24) is 4.90 Å². The highest BCUT2D eigenvalue weighted by Crippen LogP contribution is 2.36. The second-order valence-corrected chi connectivity index (χ2v) is 8.99. The van der Waals surface area contributed by atoms with Gasteiger partial charge in [-0.15, -0.1) is 0 Å². The fourth-order valence-corrected chi connectivity index (χ4v) is 4.18. The molecule has 1 fully saturated rings. The number of imide groups is 1. The minimum Gasteiger partial charge on any atom is -0.511 e. The Kier molecular flexibility index (Phi) is 6.74. The van der Waals surface area contributed by atoms with Gasteiger partial charge in [-0.3, -0.25) is 24.3 Å². The fourth-order valence-electron chi connectivity index (χ4n) is 4.18. The summed E-state index contributed by atoms with van der Waals surface area (Å²) in [4.78, 5) is 43.5. The van der Waals surface area contributed by atoms with Gasteiger partial charge in [0.2, 0.25) is 0 Å². The summed E-state index contributed by atoms with van der Waals surface area (Å²) in [5, 5.41) is 20.3. The van der Waals surface area contributed by atoms with Gasteiger partial charge in [-0.05, 0) is 36.8 Å². The molecule has 0 bridgehead atoms. The predicted molar refractivity (Wildman–Crippen MR) is 117 cm³/mol. The van der Waals surface area contributed by atoms with Crippen LogP contribution in [0.4, 0.5) is 0 Å². The number of nitrogens with zero attached hydrogens (tertiary/aromatic N) is 2. The topological polar surface area (TPSA) is 107 Å². The van der Waals surface area contributed by atoms with E-state index in [9.17, 15) is 24.6 Å². The number of amides is 2. The van der Waals surface area contributed by atoms with Crippen LogP contribution in [0.25, 0.3) is 0 Å². The highest BCUT2D eigenvalue weighted by atomic mass is 16.3. The van der Waals surface area contributed by atoms with E-state index in [0.29, 0.717) is 42.5 Å². The van der Waals surface area contributed by atoms with Gasteiger partial charge in [-0.2, -0.15) is 0 Å². The van der Waals surface area contributed by atoms with Crippen molar-refractivity contribution < 1.29 is 24.6 Å². The molecule has 1 saturated carbocycles. The highest BCUT2D eigenvalue weighted by molar-refractivity contribution is 6.24. The largest absolute Gasteiger partial charge is 0.511 e. The van der Waals surface area contributed by atoms with Crippen LogP contribution < -0.4 is 0 Å². The van der Waals surface area contributed by atoms with E-state index in [0.717, 1.165) is 0 Å². The first kappa shape index (κ1) is 22.9. The number of ketones is 1. The van der Waals surface area contributed by atoms with Crippen molar-refractivity contribution in [2.45, 2.75) is 58.9 Å². The number of carbonyl (C=O) groups is 3. The van der Waals surface area contributed by atoms with Crippen LogP contribution in [0.3, 0.4) is 0 Å². The average Bonchev–Trinajstić information content (AvgIpc) is 2.96. The molecule has 2 amide bonds. The monoisotopic (exact) mass is 426 g/mol. The van der Waals surface area contributed by atoms with Crippen molar-refractivity contribution >= 4 is 23.3 Å². The van der Waals surface area contributed by atoms with Gasteiger partial charge in [-0.1, -0.05) is 32.9 Å². The van der Waals surface area contributed by atoms with Crippen molar-refractivity contribution in [3.8, 4) is 0 Å². The molecule has 1 atom stereocenters. The minimum absolute atomic E-state index is 0.0661. The molecule has 2 N–H and O–H groups in total. The third kappa shape index (κ3) is 4.77. The molecule has 1 aliphatic carbocycles. The van der Waals surface area contributed by atoms with E-state index in [-0.39, 0.29) is 60.0 Å². The fraction of sp³-hybridized carbons (Fsp3) is 0.500. The van der Waals surface area contributed by atoms with Crippen LogP contribution in [0.2, 0.25) is 0 Å². The number of fused-ring (bicyclic) bond motifs is 1. The number of carbonyl (C=O) groups excluding carboxylic acids is 3. The summed E-state index contributed by atoms with van der Waals surface area (Å²) in [5.74, 6) is -0.900. The van der Waals surface area contributed by atoms with Gasteiger partial charge >= 0.3 is 0 Å². The zero-order valence-electron chi connectivity index (χ0n) is 18.4. The van der Waals surface area contributed by atoms with Gasteiger partial charge in [0.1, 0.15) is 5.76 Å². The Morgan fingerprint density at radius 3 is 2.29 bits per heavy atom. The summed E-state index contributed by atoms with van der Waals surface area (Å²) in [6.07, 6.45) is 1.96. The Bertz CT molecular complexity index is 921. The molecule has 0 spiro atoms. The molecule has 1 aromatic rings. The van der Waals surface area contributed by atoms with Crippen LogP contribution in [-0.2, 0) is 4.79 Å². The number of aliphatic hydroxyl groups is 2. The number of allylic oxidation sites excluding steroid dienone is 2. The Hall–Kier alpha value is -2.80. The van der Waals surface area contributed by atoms with Gasteiger partial charge in [-0.25, -0.2) is 0 Å². The number of aliphatic imine (C=N–C) groups is 1. The van der Waals surface area contributed by atoms with E-state index in [1.54, 1.807) is 24.3 Å². The third-order valence-electron chi connectivity index (χ3n) is 5.84. The number of Topliss-reactive ketones (excluding diaryl/α,β-unsaturated/α-hetero) is 1. The minimum atomic E-state index is -0.334. The molecule has 31 heavy (non-hydrogen) atoms. The first-order chi connectivity index (χ1) is 14.7. The van der Waals surface area contributed by atoms with Crippen molar-refractivity contribution in [2.75, 3.05) is 13.2 Å². The molecule has 3 rings (SSSR count). The van der Waals surface area contributed by atoms with E-state index in [2.05, 4.69) is 4.99 Å². The smallest absolute Gasteiger partial charge is 0.261 e. The zero-order chi connectivity index (χ0) is 22.8. The summed E-state index contributed by atoms with van der Waals surface area (Å²) < 4.78 is 0. The maximum Gasteiger partial charge on any atom is 0.261 e. The van der Waals surface area contributed by atoms with Crippen LogP contribution in [-0.4, -0.2) is 57.6 Å². The molecule has 1 aliphatic heterocycles. The Morgan fingerprint density at radius 2 is 1.74 bits per heavy atom. The summed E-state index contributed by atoms with van der Waals surface area (Å²) in [7, 11) is 0. The molecule has 7 heteroatoms. The number of hydrogen-bond acceptors (Lipinski definition) is 6. The van der Waals surface area contributed by atoms with Gasteiger partial charge in [0.15, 0.2) is 5.78 Å². The second kappa shape index (κ2) is 9.14. The lowest BCUT2D eigenvalue weighted by atomic mass is 9.73. The van der Waals surface area contributed by atoms with Crippen LogP contribution >= 0.6 is 0 Å². The third-order valence-corrected chi connectivity index (χ3v) is 5.84. The molecular weight excluding hydrogens is 396 g/mol. The van der Waals surface area contributed by atoms with Gasteiger partial charge in [0, 0.05) is 25.1 Å². The normalized spacial score (nSPS) is 22.1. The van der Waals surface area contributed by atoms with Crippen molar-refractivity contribution in [2.24, 2.45) is 10.4 Å². The van der Waals surface area contributed by atoms with E-state index in [1.165, 1.54) is 4.90 Å². The quantitative estimate of drug-likeness (QED) is 0.394. The summed E-state index contributed by atoms with van der Waals surface area (Å²) in [6, 6.07) is 6.38. The van der Waals surface area contributed by atoms with E-state index in [4.69, 9.17) is 0 Å². The van der Waals surface area contributed by atoms with E-state index >= 15 is 0 Å². The molecule has 1 heterocycles. The lowest BCUT2D eigenvalue weighted by Crippen LogP contribution is -2.34. The summed E-state index contributed by atoms with van der Waals surface area (Å²) in [5.41, 5.74) is 1.27. The van der Waals surface area contributed by atoms with E-state index < -0.39 is 0 Å². The van der Waals surface area contributed by atoms with Crippen LogP contribution in [0.1, 0.15) is 73.6 Å². The first-order valence-electron chi connectivity index (χ1n) is 10.8. The predicted octanol–water partition coefficient (Wildman–Crippen LogP) is 3.48. The molecule has 7 nitrogen and oxygen atoms in total. The summed E-state index contributed by atoms with van der Waals surface area (Å²) in [6.45, 7) is 5.91. The number of benzene rings is 1. The van der Waals surface area contributed by atoms with Crippen LogP contribution in [0.5, 0.6) is 0 Å². The lowest BCUT2D eigenvalue weighted by Gasteiger charge is -2.32. The maximum atomic E-state index is 12.8. The molecule has 2 aliphatic rings. The first-order valence-corrected chi connectivity index (χ1v) is 10.8. The molecule has 166 valence electrons. The van der Waals surface area contributed by atoms with Crippen molar-refractivity contribution in [1.29, 1.82) is 0 Å². The Balaban J connectivity index is 1.76. The molecule has 1 aromatic carbocycles. The number of hydrogen-bond donors (Lipinski definition) is 2. The van der Waals surface area contributed by atoms with Crippen molar-refractivity contribution in [3.05, 3.63) is 46.7 Å².